The Balaban J connectivity index is 1.51. The number of rotatable bonds is 6. The zero-order valence-corrected chi connectivity index (χ0v) is 14.7. The Kier molecular flexibility index (Phi) is 6.10. The molecule has 2 aromatic rings. The van der Waals surface area contributed by atoms with Gasteiger partial charge in [-0.3, -0.25) is 0 Å². The van der Waals surface area contributed by atoms with Crippen LogP contribution in [0.5, 0.6) is 11.5 Å². The summed E-state index contributed by atoms with van der Waals surface area (Å²) in [7, 11) is 1.60. The van der Waals surface area contributed by atoms with Crippen molar-refractivity contribution in [3.63, 3.8) is 0 Å². The molecular weight excluding hydrogens is 312 g/mol. The van der Waals surface area contributed by atoms with E-state index in [0.717, 1.165) is 18.1 Å². The number of carbonyl (C=O) groups excluding carboxylic acids is 1. The molecule has 0 aliphatic heterocycles. The molecule has 1 saturated carbocycles. The van der Waals surface area contributed by atoms with Crippen molar-refractivity contribution in [3.8, 4) is 11.5 Å². The minimum atomic E-state index is -0.353. The highest BCUT2D eigenvalue weighted by Gasteiger charge is 2.13. The average molecular weight is 337 g/mol. The third-order valence-electron chi connectivity index (χ3n) is 4.86. The summed E-state index contributed by atoms with van der Waals surface area (Å²) < 4.78 is 10.5. The number of benzene rings is 2. The maximum Gasteiger partial charge on any atom is 0.343 e. The Morgan fingerprint density at radius 3 is 2.24 bits per heavy atom. The maximum absolute atomic E-state index is 12.2. The second kappa shape index (κ2) is 8.70. The molecule has 3 heteroatoms. The minimum Gasteiger partial charge on any atom is -0.497 e. The monoisotopic (exact) mass is 337 g/mol. The molecule has 0 aromatic heterocycles. The fourth-order valence-electron chi connectivity index (χ4n) is 3.27. The fraction of sp³-hybridized carbons (Fsp3) is 0.364. The van der Waals surface area contributed by atoms with E-state index in [0.29, 0.717) is 11.3 Å². The molecule has 0 spiro atoms. The summed E-state index contributed by atoms with van der Waals surface area (Å²) in [5, 5.41) is 0. The summed E-state index contributed by atoms with van der Waals surface area (Å²) in [5.74, 6) is 1.81. The van der Waals surface area contributed by atoms with Crippen LogP contribution >= 0.6 is 0 Å². The molecule has 3 rings (SSSR count). The highest BCUT2D eigenvalue weighted by molar-refractivity contribution is 5.91. The summed E-state index contributed by atoms with van der Waals surface area (Å²) in [4.78, 5) is 12.2. The van der Waals surface area contributed by atoms with E-state index >= 15 is 0 Å². The van der Waals surface area contributed by atoms with Crippen molar-refractivity contribution in [2.75, 3.05) is 7.11 Å². The molecule has 25 heavy (non-hydrogen) atoms. The molecule has 0 bridgehead atoms. The van der Waals surface area contributed by atoms with E-state index in [-0.39, 0.29) is 5.97 Å². The third kappa shape index (κ3) is 5.09. The number of methoxy groups -OCH3 is 1. The summed E-state index contributed by atoms with van der Waals surface area (Å²) in [6.07, 6.45) is 9.95. The van der Waals surface area contributed by atoms with Gasteiger partial charge >= 0.3 is 5.97 Å². The second-order valence-corrected chi connectivity index (χ2v) is 6.61. The van der Waals surface area contributed by atoms with Crippen LogP contribution in [-0.4, -0.2) is 13.1 Å². The first-order valence-electron chi connectivity index (χ1n) is 9.01. The van der Waals surface area contributed by atoms with Gasteiger partial charge in [-0.2, -0.15) is 0 Å². The summed E-state index contributed by atoms with van der Waals surface area (Å²) in [5.41, 5.74) is 1.82. The van der Waals surface area contributed by atoms with E-state index in [1.165, 1.54) is 37.7 Å². The second-order valence-electron chi connectivity index (χ2n) is 6.61. The average Bonchev–Trinajstić information content (AvgIpc) is 2.68. The molecule has 2 aromatic carbocycles. The zero-order valence-electron chi connectivity index (χ0n) is 14.7. The van der Waals surface area contributed by atoms with E-state index in [4.69, 9.17) is 9.47 Å². The lowest BCUT2D eigenvalue weighted by molar-refractivity contribution is 0.0734. The molecule has 0 unspecified atom stereocenters. The third-order valence-corrected chi connectivity index (χ3v) is 4.86. The predicted molar refractivity (Wildman–Crippen MR) is 99.0 cm³/mol. The Bertz CT molecular complexity index is 667. The van der Waals surface area contributed by atoms with Crippen molar-refractivity contribution < 1.29 is 14.3 Å². The molecule has 0 saturated heterocycles. The maximum atomic E-state index is 12.2. The lowest BCUT2D eigenvalue weighted by atomic mass is 9.85. The molecular formula is C22H25O3. The Morgan fingerprint density at radius 1 is 0.960 bits per heavy atom. The standard InChI is InChI=1S/C22H25O3/c1-24-20-15-11-19(12-16-20)22(23)25-21-13-9-18(10-14-21)8-7-17-5-3-2-4-6-17/h2,9-17H,3-8H2,1H3. The quantitative estimate of drug-likeness (QED) is 0.534. The first-order valence-corrected chi connectivity index (χ1v) is 9.01. The van der Waals surface area contributed by atoms with Gasteiger partial charge in [0.1, 0.15) is 11.5 Å². The predicted octanol–water partition coefficient (Wildman–Crippen LogP) is 5.24. The van der Waals surface area contributed by atoms with Gasteiger partial charge in [0, 0.05) is 0 Å². The van der Waals surface area contributed by atoms with Gasteiger partial charge in [0.25, 0.3) is 0 Å². The SMILES string of the molecule is COc1ccc(C(=O)Oc2ccc(CCC3CC[CH]CC3)cc2)cc1. The van der Waals surface area contributed by atoms with E-state index < -0.39 is 0 Å². The lowest BCUT2D eigenvalue weighted by Gasteiger charge is -2.21. The van der Waals surface area contributed by atoms with Crippen molar-refractivity contribution in [2.45, 2.75) is 38.5 Å². The van der Waals surface area contributed by atoms with Crippen LogP contribution in [0.15, 0.2) is 48.5 Å². The van der Waals surface area contributed by atoms with E-state index in [9.17, 15) is 4.79 Å². The van der Waals surface area contributed by atoms with Gasteiger partial charge in [0.05, 0.1) is 12.7 Å². The molecule has 0 N–H and O–H groups in total. The van der Waals surface area contributed by atoms with Gasteiger partial charge in [-0.1, -0.05) is 25.0 Å². The minimum absolute atomic E-state index is 0.353. The highest BCUT2D eigenvalue weighted by Crippen LogP contribution is 2.27. The molecule has 3 nitrogen and oxygen atoms in total. The molecule has 0 heterocycles. The number of carbonyl (C=O) groups is 1. The first-order chi connectivity index (χ1) is 12.2. The van der Waals surface area contributed by atoms with Crippen LogP contribution < -0.4 is 9.47 Å². The van der Waals surface area contributed by atoms with Crippen LogP contribution in [0.25, 0.3) is 0 Å². The number of aryl methyl sites for hydroxylation is 1. The van der Waals surface area contributed by atoms with Crippen LogP contribution in [0.1, 0.15) is 48.0 Å². The summed E-state index contributed by atoms with van der Waals surface area (Å²) >= 11 is 0. The molecule has 1 aliphatic rings. The number of hydrogen-bond donors (Lipinski definition) is 0. The normalized spacial score (nSPS) is 14.9. The van der Waals surface area contributed by atoms with E-state index in [1.807, 2.05) is 12.1 Å². The fourth-order valence-corrected chi connectivity index (χ4v) is 3.27. The van der Waals surface area contributed by atoms with Crippen LogP contribution in [0.3, 0.4) is 0 Å². The Morgan fingerprint density at radius 2 is 1.60 bits per heavy atom. The Labute approximate surface area is 150 Å². The van der Waals surface area contributed by atoms with Gasteiger partial charge in [0.15, 0.2) is 0 Å². The number of hydrogen-bond acceptors (Lipinski definition) is 3. The summed E-state index contributed by atoms with van der Waals surface area (Å²) in [6, 6.07) is 14.8. The first kappa shape index (κ1) is 17.5. The topological polar surface area (TPSA) is 35.5 Å². The molecule has 1 fully saturated rings. The Hall–Kier alpha value is -2.29. The highest BCUT2D eigenvalue weighted by atomic mass is 16.5. The smallest absolute Gasteiger partial charge is 0.343 e. The van der Waals surface area contributed by atoms with Crippen LogP contribution in [0.4, 0.5) is 0 Å². The molecule has 131 valence electrons. The van der Waals surface area contributed by atoms with Gasteiger partial charge in [-0.25, -0.2) is 4.79 Å². The van der Waals surface area contributed by atoms with Crippen molar-refractivity contribution in [1.82, 2.24) is 0 Å². The van der Waals surface area contributed by atoms with Crippen LogP contribution in [0, 0.1) is 12.3 Å². The van der Waals surface area contributed by atoms with Crippen molar-refractivity contribution in [1.29, 1.82) is 0 Å². The van der Waals surface area contributed by atoms with Crippen LogP contribution in [-0.2, 0) is 6.42 Å². The molecule has 1 radical (unpaired) electrons. The molecule has 1 aliphatic carbocycles. The van der Waals surface area contributed by atoms with Gasteiger partial charge in [0.2, 0.25) is 0 Å². The van der Waals surface area contributed by atoms with Crippen molar-refractivity contribution >= 4 is 5.97 Å². The largest absolute Gasteiger partial charge is 0.497 e. The zero-order chi connectivity index (χ0) is 17.5. The lowest BCUT2D eigenvalue weighted by Crippen LogP contribution is -2.09. The van der Waals surface area contributed by atoms with Gasteiger partial charge in [-0.15, -0.1) is 0 Å². The van der Waals surface area contributed by atoms with Crippen LogP contribution in [0.2, 0.25) is 0 Å². The van der Waals surface area contributed by atoms with E-state index in [1.54, 1.807) is 31.4 Å². The number of ether oxygens (including phenoxy) is 2. The van der Waals surface area contributed by atoms with E-state index in [2.05, 4.69) is 18.6 Å². The number of esters is 1. The van der Waals surface area contributed by atoms with Gasteiger partial charge in [-0.05, 0) is 80.0 Å². The molecule has 0 atom stereocenters. The van der Waals surface area contributed by atoms with Gasteiger partial charge < -0.3 is 9.47 Å². The molecule has 0 amide bonds. The van der Waals surface area contributed by atoms with Crippen molar-refractivity contribution in [2.24, 2.45) is 5.92 Å². The van der Waals surface area contributed by atoms with Crippen molar-refractivity contribution in [3.05, 3.63) is 66.1 Å². The summed E-state index contributed by atoms with van der Waals surface area (Å²) in [6.45, 7) is 0.